The van der Waals surface area contributed by atoms with Crippen molar-refractivity contribution >= 4 is 11.4 Å². The topological polar surface area (TPSA) is 19.6 Å². The Kier molecular flexibility index (Phi) is 3.23. The van der Waals surface area contributed by atoms with E-state index in [1.165, 1.54) is 0 Å². The van der Waals surface area contributed by atoms with Gasteiger partial charge in [-0.25, -0.2) is 4.85 Å². The first-order chi connectivity index (χ1) is 7.85. The number of benzene rings is 1. The number of anilines is 1. The number of hydrogen-bond acceptors (Lipinski definition) is 2. The average Bonchev–Trinajstić information content (AvgIpc) is 2.38. The van der Waals surface area contributed by atoms with E-state index >= 15 is 0 Å². The Labute approximate surface area is 96.2 Å². The normalized spacial score (nSPS) is 20.2. The van der Waals surface area contributed by atoms with Gasteiger partial charge in [0, 0.05) is 25.3 Å². The van der Waals surface area contributed by atoms with Gasteiger partial charge in [0.1, 0.15) is 0 Å². The molecule has 3 nitrogen and oxygen atoms in total. The highest BCUT2D eigenvalue weighted by Crippen LogP contribution is 2.24. The Morgan fingerprint density at radius 3 is 3.19 bits per heavy atom. The molecule has 1 aromatic rings. The standard InChI is InChI=1S/C13H15N3/c1-3-12-10-15-7-8-16(12)13-6-4-5-11(9-13)14-2/h3-6,9,12,15H,1,7-8,10H2. The number of nitrogens with zero attached hydrogens (tertiary/aromatic N) is 2. The molecule has 0 spiro atoms. The fourth-order valence-corrected chi connectivity index (χ4v) is 2.00. The first-order valence-corrected chi connectivity index (χ1v) is 5.42. The summed E-state index contributed by atoms with van der Waals surface area (Å²) in [6.45, 7) is 13.7. The minimum Gasteiger partial charge on any atom is -0.364 e. The van der Waals surface area contributed by atoms with Crippen LogP contribution < -0.4 is 10.2 Å². The molecule has 1 saturated heterocycles. The van der Waals surface area contributed by atoms with E-state index in [9.17, 15) is 0 Å². The smallest absolute Gasteiger partial charge is 0.189 e. The zero-order valence-corrected chi connectivity index (χ0v) is 9.19. The van der Waals surface area contributed by atoms with Crippen LogP contribution in [-0.2, 0) is 0 Å². The molecule has 2 rings (SSSR count). The van der Waals surface area contributed by atoms with Crippen LogP contribution in [0.2, 0.25) is 0 Å². The van der Waals surface area contributed by atoms with Crippen molar-refractivity contribution in [3.63, 3.8) is 0 Å². The van der Waals surface area contributed by atoms with Crippen molar-refractivity contribution in [3.05, 3.63) is 48.3 Å². The van der Waals surface area contributed by atoms with Gasteiger partial charge in [-0.3, -0.25) is 0 Å². The molecule has 0 bridgehead atoms. The Bertz CT molecular complexity index is 419. The molecule has 1 N–H and O–H groups in total. The Morgan fingerprint density at radius 2 is 2.44 bits per heavy atom. The molecule has 0 aromatic heterocycles. The van der Waals surface area contributed by atoms with Crippen LogP contribution in [0, 0.1) is 6.57 Å². The van der Waals surface area contributed by atoms with E-state index in [4.69, 9.17) is 6.57 Å². The predicted octanol–water partition coefficient (Wildman–Crippen LogP) is 2.20. The van der Waals surface area contributed by atoms with Crippen LogP contribution in [0.5, 0.6) is 0 Å². The largest absolute Gasteiger partial charge is 0.364 e. The van der Waals surface area contributed by atoms with Gasteiger partial charge in [-0.05, 0) is 12.1 Å². The molecule has 0 saturated carbocycles. The quantitative estimate of drug-likeness (QED) is 0.600. The molecule has 1 atom stereocenters. The zero-order chi connectivity index (χ0) is 11.4. The molecule has 1 aliphatic rings. The van der Waals surface area contributed by atoms with Crippen molar-refractivity contribution < 1.29 is 0 Å². The first kappa shape index (κ1) is 10.7. The van der Waals surface area contributed by atoms with Crippen molar-refractivity contribution in [2.75, 3.05) is 24.5 Å². The van der Waals surface area contributed by atoms with E-state index in [1.807, 2.05) is 24.3 Å². The van der Waals surface area contributed by atoms with E-state index in [0.717, 1.165) is 25.3 Å². The monoisotopic (exact) mass is 213 g/mol. The summed E-state index contributed by atoms with van der Waals surface area (Å²) >= 11 is 0. The minimum absolute atomic E-state index is 0.315. The Morgan fingerprint density at radius 1 is 1.56 bits per heavy atom. The highest BCUT2D eigenvalue weighted by atomic mass is 15.2. The molecule has 1 unspecified atom stereocenters. The lowest BCUT2D eigenvalue weighted by molar-refractivity contribution is 0.530. The minimum atomic E-state index is 0.315. The van der Waals surface area contributed by atoms with Crippen molar-refractivity contribution in [1.82, 2.24) is 5.32 Å². The summed E-state index contributed by atoms with van der Waals surface area (Å²) in [6, 6.07) is 8.08. The van der Waals surface area contributed by atoms with Crippen molar-refractivity contribution in [2.45, 2.75) is 6.04 Å². The molecule has 16 heavy (non-hydrogen) atoms. The molecule has 0 aliphatic carbocycles. The molecule has 0 radical (unpaired) electrons. The summed E-state index contributed by atoms with van der Waals surface area (Å²) in [5.74, 6) is 0. The summed E-state index contributed by atoms with van der Waals surface area (Å²) < 4.78 is 0. The van der Waals surface area contributed by atoms with Gasteiger partial charge >= 0.3 is 0 Å². The number of rotatable bonds is 2. The van der Waals surface area contributed by atoms with Gasteiger partial charge in [0.25, 0.3) is 0 Å². The van der Waals surface area contributed by atoms with E-state index in [1.54, 1.807) is 0 Å². The fraction of sp³-hybridized carbons (Fsp3) is 0.308. The van der Waals surface area contributed by atoms with Gasteiger partial charge in [-0.1, -0.05) is 18.2 Å². The maximum Gasteiger partial charge on any atom is 0.189 e. The Hall–Kier alpha value is -1.79. The SMILES string of the molecule is [C-]#[N+]c1cccc(N2CCNCC2C=C)c1. The lowest BCUT2D eigenvalue weighted by atomic mass is 10.1. The summed E-state index contributed by atoms with van der Waals surface area (Å²) in [5, 5.41) is 3.34. The molecule has 1 aromatic carbocycles. The van der Waals surface area contributed by atoms with Crippen LogP contribution in [-0.4, -0.2) is 25.7 Å². The van der Waals surface area contributed by atoms with Gasteiger partial charge < -0.3 is 10.2 Å². The van der Waals surface area contributed by atoms with Crippen LogP contribution >= 0.6 is 0 Å². The van der Waals surface area contributed by atoms with Crippen LogP contribution in [0.4, 0.5) is 11.4 Å². The third-order valence-electron chi connectivity index (χ3n) is 2.85. The van der Waals surface area contributed by atoms with E-state index in [0.29, 0.717) is 11.7 Å². The van der Waals surface area contributed by atoms with Gasteiger partial charge in [0.2, 0.25) is 0 Å². The summed E-state index contributed by atoms with van der Waals surface area (Å²) in [6.07, 6.45) is 1.96. The van der Waals surface area contributed by atoms with Gasteiger partial charge in [0.05, 0.1) is 12.6 Å². The molecule has 82 valence electrons. The van der Waals surface area contributed by atoms with Crippen molar-refractivity contribution in [3.8, 4) is 0 Å². The first-order valence-electron chi connectivity index (χ1n) is 5.42. The van der Waals surface area contributed by atoms with E-state index < -0.39 is 0 Å². The molecule has 1 fully saturated rings. The van der Waals surface area contributed by atoms with Gasteiger partial charge in [-0.2, -0.15) is 0 Å². The van der Waals surface area contributed by atoms with Crippen molar-refractivity contribution in [2.24, 2.45) is 0 Å². The second kappa shape index (κ2) is 4.82. The summed E-state index contributed by atoms with van der Waals surface area (Å²) in [7, 11) is 0. The zero-order valence-electron chi connectivity index (χ0n) is 9.19. The molecule has 3 heteroatoms. The molecular formula is C13H15N3. The van der Waals surface area contributed by atoms with Gasteiger partial charge in [-0.15, -0.1) is 6.58 Å². The third kappa shape index (κ3) is 2.07. The summed E-state index contributed by atoms with van der Waals surface area (Å²) in [4.78, 5) is 5.75. The maximum absolute atomic E-state index is 7.02. The molecule has 1 heterocycles. The molecule has 0 amide bonds. The van der Waals surface area contributed by atoms with E-state index in [2.05, 4.69) is 27.7 Å². The lowest BCUT2D eigenvalue weighted by Crippen LogP contribution is -2.50. The lowest BCUT2D eigenvalue weighted by Gasteiger charge is -2.36. The second-order valence-corrected chi connectivity index (χ2v) is 3.83. The molecule has 1 aliphatic heterocycles. The highest BCUT2D eigenvalue weighted by Gasteiger charge is 2.19. The van der Waals surface area contributed by atoms with Crippen LogP contribution in [0.3, 0.4) is 0 Å². The van der Waals surface area contributed by atoms with Crippen LogP contribution in [0.25, 0.3) is 4.85 Å². The van der Waals surface area contributed by atoms with Crippen LogP contribution in [0.15, 0.2) is 36.9 Å². The maximum atomic E-state index is 7.02. The van der Waals surface area contributed by atoms with Crippen molar-refractivity contribution in [1.29, 1.82) is 0 Å². The summed E-state index contributed by atoms with van der Waals surface area (Å²) in [5.41, 5.74) is 1.80. The third-order valence-corrected chi connectivity index (χ3v) is 2.85. The van der Waals surface area contributed by atoms with E-state index in [-0.39, 0.29) is 0 Å². The number of hydrogen-bond donors (Lipinski definition) is 1. The Balaban J connectivity index is 2.27. The number of piperazine rings is 1. The number of nitrogens with one attached hydrogen (secondary N) is 1. The second-order valence-electron chi connectivity index (χ2n) is 3.83. The molecular weight excluding hydrogens is 198 g/mol. The predicted molar refractivity (Wildman–Crippen MR) is 66.9 cm³/mol. The average molecular weight is 213 g/mol. The highest BCUT2D eigenvalue weighted by molar-refractivity contribution is 5.59. The van der Waals surface area contributed by atoms with Crippen LogP contribution in [0.1, 0.15) is 0 Å². The fourth-order valence-electron chi connectivity index (χ4n) is 2.00. The van der Waals surface area contributed by atoms with Gasteiger partial charge in [0.15, 0.2) is 5.69 Å².